The molecule has 19 heavy (non-hydrogen) atoms. The number of rotatable bonds is 8. The largest absolute Gasteiger partial charge is 0.496 e. The Labute approximate surface area is 122 Å². The van der Waals surface area contributed by atoms with Crippen LogP contribution >= 0.6 is 15.9 Å². The molecule has 0 unspecified atom stereocenters. The highest BCUT2D eigenvalue weighted by atomic mass is 79.9. The molecule has 0 heterocycles. The Kier molecular flexibility index (Phi) is 7.06. The minimum absolute atomic E-state index is 0.00838. The van der Waals surface area contributed by atoms with Gasteiger partial charge in [-0.25, -0.2) is 4.39 Å². The van der Waals surface area contributed by atoms with Crippen molar-refractivity contribution in [2.24, 2.45) is 0 Å². The van der Waals surface area contributed by atoms with Crippen molar-refractivity contribution in [3.63, 3.8) is 0 Å². The zero-order valence-corrected chi connectivity index (χ0v) is 13.1. The Morgan fingerprint density at radius 3 is 2.58 bits per heavy atom. The average molecular weight is 331 g/mol. The fourth-order valence-electron chi connectivity index (χ4n) is 1.94. The summed E-state index contributed by atoms with van der Waals surface area (Å²) in [5.41, 5.74) is 0.450. The van der Waals surface area contributed by atoms with E-state index in [0.29, 0.717) is 22.2 Å². The van der Waals surface area contributed by atoms with Gasteiger partial charge in [0.1, 0.15) is 11.6 Å². The van der Waals surface area contributed by atoms with Gasteiger partial charge in [-0.15, -0.1) is 0 Å². The van der Waals surface area contributed by atoms with Crippen molar-refractivity contribution in [1.82, 2.24) is 0 Å². The molecule has 0 aliphatic carbocycles. The number of hydrogen-bond acceptors (Lipinski definition) is 2. The third-order valence-electron chi connectivity index (χ3n) is 3.05. The first-order valence-electron chi connectivity index (χ1n) is 6.66. The van der Waals surface area contributed by atoms with E-state index in [-0.39, 0.29) is 5.78 Å². The van der Waals surface area contributed by atoms with Crippen molar-refractivity contribution in [1.29, 1.82) is 0 Å². The van der Waals surface area contributed by atoms with Gasteiger partial charge >= 0.3 is 0 Å². The van der Waals surface area contributed by atoms with Gasteiger partial charge in [0, 0.05) is 12.5 Å². The second-order valence-electron chi connectivity index (χ2n) is 4.55. The molecule has 0 atom stereocenters. The third kappa shape index (κ3) is 4.94. The van der Waals surface area contributed by atoms with Crippen LogP contribution in [0.15, 0.2) is 16.6 Å². The predicted octanol–water partition coefficient (Wildman–Crippen LogP) is 5.14. The van der Waals surface area contributed by atoms with E-state index in [1.54, 1.807) is 0 Å². The molecule has 0 N–H and O–H groups in total. The van der Waals surface area contributed by atoms with Crippen LogP contribution in [-0.4, -0.2) is 12.9 Å². The van der Waals surface area contributed by atoms with Crippen LogP contribution in [0, 0.1) is 5.82 Å². The summed E-state index contributed by atoms with van der Waals surface area (Å²) in [6.45, 7) is 2.16. The number of carbonyl (C=O) groups excluding carboxylic acids is 1. The molecule has 0 aliphatic heterocycles. The lowest BCUT2D eigenvalue weighted by atomic mass is 10.0. The Bertz CT molecular complexity index is 432. The van der Waals surface area contributed by atoms with E-state index in [1.807, 2.05) is 0 Å². The lowest BCUT2D eigenvalue weighted by Gasteiger charge is -2.09. The molecule has 2 nitrogen and oxygen atoms in total. The fraction of sp³-hybridized carbons (Fsp3) is 0.533. The zero-order valence-electron chi connectivity index (χ0n) is 11.5. The van der Waals surface area contributed by atoms with Gasteiger partial charge in [-0.3, -0.25) is 4.79 Å². The van der Waals surface area contributed by atoms with Gasteiger partial charge in [0.05, 0.1) is 17.1 Å². The second kappa shape index (κ2) is 8.31. The summed E-state index contributed by atoms with van der Waals surface area (Å²) in [6, 6.07) is 2.75. The molecular weight excluding hydrogens is 311 g/mol. The number of Topliss-reactive ketones (excluding diaryl/α,β-unsaturated/α-hetero) is 1. The van der Waals surface area contributed by atoms with Gasteiger partial charge < -0.3 is 4.74 Å². The number of carbonyl (C=O) groups is 1. The molecule has 0 radical (unpaired) electrons. The molecule has 0 saturated heterocycles. The number of halogens is 2. The molecule has 0 saturated carbocycles. The molecular formula is C15H20BrFO2. The Hall–Kier alpha value is -0.900. The van der Waals surface area contributed by atoms with Crippen LogP contribution in [0.25, 0.3) is 0 Å². The molecule has 4 heteroatoms. The highest BCUT2D eigenvalue weighted by molar-refractivity contribution is 9.10. The van der Waals surface area contributed by atoms with E-state index in [0.717, 1.165) is 19.3 Å². The first-order chi connectivity index (χ1) is 9.10. The number of benzene rings is 1. The van der Waals surface area contributed by atoms with Crippen LogP contribution in [0.4, 0.5) is 4.39 Å². The first kappa shape index (κ1) is 16.2. The normalized spacial score (nSPS) is 10.5. The van der Waals surface area contributed by atoms with E-state index in [9.17, 15) is 9.18 Å². The molecule has 0 bridgehead atoms. The molecule has 106 valence electrons. The van der Waals surface area contributed by atoms with Crippen molar-refractivity contribution in [2.45, 2.75) is 45.4 Å². The summed E-state index contributed by atoms with van der Waals surface area (Å²) in [5, 5.41) is 0. The smallest absolute Gasteiger partial charge is 0.166 e. The maximum Gasteiger partial charge on any atom is 0.166 e. The molecule has 0 aromatic heterocycles. The number of ether oxygens (including phenoxy) is 1. The molecule has 0 amide bonds. The van der Waals surface area contributed by atoms with Gasteiger partial charge in [-0.1, -0.05) is 32.6 Å². The van der Waals surface area contributed by atoms with Crippen LogP contribution in [0.1, 0.15) is 55.8 Å². The monoisotopic (exact) mass is 330 g/mol. The third-order valence-corrected chi connectivity index (χ3v) is 3.66. The highest BCUT2D eigenvalue weighted by Gasteiger charge is 2.15. The summed E-state index contributed by atoms with van der Waals surface area (Å²) in [4.78, 5) is 12.1. The second-order valence-corrected chi connectivity index (χ2v) is 5.41. The fourth-order valence-corrected chi connectivity index (χ4v) is 2.28. The minimum Gasteiger partial charge on any atom is -0.496 e. The number of unbranched alkanes of at least 4 members (excludes halogenated alkanes) is 4. The summed E-state index contributed by atoms with van der Waals surface area (Å²) in [5.74, 6) is -0.107. The molecule has 1 aromatic carbocycles. The van der Waals surface area contributed by atoms with Crippen LogP contribution < -0.4 is 4.74 Å². The molecule has 0 fully saturated rings. The molecule has 0 spiro atoms. The Morgan fingerprint density at radius 1 is 1.26 bits per heavy atom. The van der Waals surface area contributed by atoms with Crippen molar-refractivity contribution in [2.75, 3.05) is 7.11 Å². The van der Waals surface area contributed by atoms with E-state index >= 15 is 0 Å². The summed E-state index contributed by atoms with van der Waals surface area (Å²) >= 11 is 3.10. The quantitative estimate of drug-likeness (QED) is 0.487. The van der Waals surface area contributed by atoms with Crippen LogP contribution in [0.2, 0.25) is 0 Å². The van der Waals surface area contributed by atoms with E-state index in [1.165, 1.54) is 32.1 Å². The maximum atomic E-state index is 13.4. The standard InChI is InChI=1S/C15H20BrFO2/c1-3-4-5-6-7-8-14(18)11-9-12(16)13(17)10-15(11)19-2/h9-10H,3-8H2,1-2H3. The van der Waals surface area contributed by atoms with Crippen LogP contribution in [0.3, 0.4) is 0 Å². The maximum absolute atomic E-state index is 13.4. The van der Waals surface area contributed by atoms with E-state index < -0.39 is 5.82 Å². The Morgan fingerprint density at radius 2 is 1.95 bits per heavy atom. The lowest BCUT2D eigenvalue weighted by molar-refractivity contribution is 0.0976. The summed E-state index contributed by atoms with van der Waals surface area (Å²) in [6.07, 6.45) is 5.97. The summed E-state index contributed by atoms with van der Waals surface area (Å²) in [7, 11) is 1.45. The predicted molar refractivity (Wildman–Crippen MR) is 78.4 cm³/mol. The molecule has 0 aliphatic rings. The van der Waals surface area contributed by atoms with Gasteiger partial charge in [0.2, 0.25) is 0 Å². The molecule has 1 rings (SSSR count). The Balaban J connectivity index is 2.63. The topological polar surface area (TPSA) is 26.3 Å². The van der Waals surface area contributed by atoms with Crippen molar-refractivity contribution in [3.05, 3.63) is 28.0 Å². The van der Waals surface area contributed by atoms with E-state index in [2.05, 4.69) is 22.9 Å². The van der Waals surface area contributed by atoms with Gasteiger partial charge in [0.15, 0.2) is 5.78 Å². The van der Waals surface area contributed by atoms with Gasteiger partial charge in [0.25, 0.3) is 0 Å². The highest BCUT2D eigenvalue weighted by Crippen LogP contribution is 2.27. The van der Waals surface area contributed by atoms with E-state index in [4.69, 9.17) is 4.74 Å². The van der Waals surface area contributed by atoms with Crippen molar-refractivity contribution >= 4 is 21.7 Å². The minimum atomic E-state index is -0.420. The van der Waals surface area contributed by atoms with Crippen LogP contribution in [-0.2, 0) is 0 Å². The molecule has 1 aromatic rings. The lowest BCUT2D eigenvalue weighted by Crippen LogP contribution is -2.03. The van der Waals surface area contributed by atoms with Gasteiger partial charge in [-0.2, -0.15) is 0 Å². The van der Waals surface area contributed by atoms with Crippen molar-refractivity contribution in [3.8, 4) is 5.75 Å². The van der Waals surface area contributed by atoms with Crippen molar-refractivity contribution < 1.29 is 13.9 Å². The number of hydrogen-bond donors (Lipinski definition) is 0. The van der Waals surface area contributed by atoms with Crippen LogP contribution in [0.5, 0.6) is 5.75 Å². The zero-order chi connectivity index (χ0) is 14.3. The number of methoxy groups -OCH3 is 1. The number of ketones is 1. The SMILES string of the molecule is CCCCCCCC(=O)c1cc(Br)c(F)cc1OC. The van der Waals surface area contributed by atoms with Gasteiger partial charge in [-0.05, 0) is 28.4 Å². The average Bonchev–Trinajstić information content (AvgIpc) is 2.40. The summed E-state index contributed by atoms with van der Waals surface area (Å²) < 4.78 is 18.7. The first-order valence-corrected chi connectivity index (χ1v) is 7.45.